The minimum atomic E-state index is 0.380. The average molecular weight is 215 g/mol. The van der Waals surface area contributed by atoms with E-state index in [2.05, 4.69) is 43.0 Å². The molecule has 86 valence electrons. The standard InChI is InChI=1S/C15H21N/c1-12-15(2)9-5-10-16(12)11-8-13-6-3-4-7-14(13)15/h3-4,6-7,12H,5,8-11H2,1-2H3/t12-,15?/m1/s1. The molecule has 3 atom stereocenters. The third-order valence-corrected chi connectivity index (χ3v) is 4.91. The summed E-state index contributed by atoms with van der Waals surface area (Å²) in [4.78, 5) is 2.68. The predicted octanol–water partition coefficient (Wildman–Crippen LogP) is 2.98. The van der Waals surface area contributed by atoms with Gasteiger partial charge in [0.05, 0.1) is 0 Å². The molecule has 0 amide bonds. The van der Waals surface area contributed by atoms with E-state index in [1.54, 1.807) is 11.1 Å². The minimum absolute atomic E-state index is 0.380. The van der Waals surface area contributed by atoms with Gasteiger partial charge >= 0.3 is 0 Å². The summed E-state index contributed by atoms with van der Waals surface area (Å²) in [5.41, 5.74) is 3.58. The van der Waals surface area contributed by atoms with E-state index in [0.717, 1.165) is 0 Å². The molecule has 2 aliphatic heterocycles. The fourth-order valence-electron chi connectivity index (χ4n) is 3.68. The van der Waals surface area contributed by atoms with Gasteiger partial charge in [-0.1, -0.05) is 31.2 Å². The number of fused-ring (bicyclic) bond motifs is 4. The van der Waals surface area contributed by atoms with Crippen molar-refractivity contribution in [2.45, 2.75) is 44.6 Å². The van der Waals surface area contributed by atoms with Gasteiger partial charge in [-0.25, -0.2) is 0 Å². The molecule has 3 rings (SSSR count). The van der Waals surface area contributed by atoms with Gasteiger partial charge in [0, 0.05) is 18.0 Å². The smallest absolute Gasteiger partial charge is 0.0161 e. The molecule has 1 saturated heterocycles. The summed E-state index contributed by atoms with van der Waals surface area (Å²) in [6.07, 6.45) is 3.94. The summed E-state index contributed by atoms with van der Waals surface area (Å²) >= 11 is 0. The first-order valence-corrected chi connectivity index (χ1v) is 6.54. The molecule has 2 bridgehead atoms. The van der Waals surface area contributed by atoms with Crippen molar-refractivity contribution >= 4 is 0 Å². The van der Waals surface area contributed by atoms with Crippen molar-refractivity contribution in [2.75, 3.05) is 13.1 Å². The van der Waals surface area contributed by atoms with Crippen LogP contribution in [-0.4, -0.2) is 24.0 Å². The van der Waals surface area contributed by atoms with Gasteiger partial charge in [0.2, 0.25) is 0 Å². The Bertz CT molecular complexity index is 398. The minimum Gasteiger partial charge on any atom is -0.299 e. The first-order chi connectivity index (χ1) is 7.72. The van der Waals surface area contributed by atoms with Gasteiger partial charge in [0.1, 0.15) is 0 Å². The second kappa shape index (κ2) is 3.59. The van der Waals surface area contributed by atoms with Crippen molar-refractivity contribution in [1.82, 2.24) is 4.90 Å². The van der Waals surface area contributed by atoms with Gasteiger partial charge in [0.15, 0.2) is 0 Å². The van der Waals surface area contributed by atoms with Crippen LogP contribution >= 0.6 is 0 Å². The quantitative estimate of drug-likeness (QED) is 0.643. The lowest BCUT2D eigenvalue weighted by molar-refractivity contribution is 0.0964. The van der Waals surface area contributed by atoms with Gasteiger partial charge in [-0.3, -0.25) is 4.90 Å². The normalized spacial score (nSPS) is 37.6. The van der Waals surface area contributed by atoms with Crippen LogP contribution in [0.15, 0.2) is 24.3 Å². The van der Waals surface area contributed by atoms with Gasteiger partial charge in [-0.2, -0.15) is 0 Å². The van der Waals surface area contributed by atoms with Crippen LogP contribution in [0.4, 0.5) is 0 Å². The third-order valence-electron chi connectivity index (χ3n) is 4.91. The Morgan fingerprint density at radius 3 is 2.94 bits per heavy atom. The fraction of sp³-hybridized carbons (Fsp3) is 0.600. The van der Waals surface area contributed by atoms with Crippen LogP contribution in [0.25, 0.3) is 0 Å². The van der Waals surface area contributed by atoms with Crippen LogP contribution in [0, 0.1) is 0 Å². The number of piperidine rings is 1. The maximum Gasteiger partial charge on any atom is 0.0161 e. The Balaban J connectivity index is 2.15. The summed E-state index contributed by atoms with van der Waals surface area (Å²) in [5.74, 6) is 0. The zero-order chi connectivity index (χ0) is 11.2. The Morgan fingerprint density at radius 1 is 1.25 bits per heavy atom. The molecule has 1 nitrogen and oxygen atoms in total. The Labute approximate surface area is 98.5 Å². The summed E-state index contributed by atoms with van der Waals surface area (Å²) in [5, 5.41) is 0. The lowest BCUT2D eigenvalue weighted by Crippen LogP contribution is -2.50. The molecule has 1 aromatic carbocycles. The lowest BCUT2D eigenvalue weighted by Gasteiger charge is -2.45. The largest absolute Gasteiger partial charge is 0.299 e. The molecule has 0 saturated carbocycles. The highest BCUT2D eigenvalue weighted by molar-refractivity contribution is 5.37. The molecule has 1 heteroatoms. The van der Waals surface area contributed by atoms with Crippen LogP contribution in [0.3, 0.4) is 0 Å². The van der Waals surface area contributed by atoms with Gasteiger partial charge in [0.25, 0.3) is 0 Å². The Kier molecular flexibility index (Phi) is 2.32. The van der Waals surface area contributed by atoms with Crippen molar-refractivity contribution in [1.29, 1.82) is 0 Å². The molecule has 0 radical (unpaired) electrons. The van der Waals surface area contributed by atoms with Crippen molar-refractivity contribution in [3.05, 3.63) is 35.4 Å². The van der Waals surface area contributed by atoms with Crippen LogP contribution in [0.2, 0.25) is 0 Å². The summed E-state index contributed by atoms with van der Waals surface area (Å²) in [6, 6.07) is 9.79. The number of nitrogens with zero attached hydrogens (tertiary/aromatic N) is 1. The molecule has 16 heavy (non-hydrogen) atoms. The Morgan fingerprint density at radius 2 is 2.06 bits per heavy atom. The molecule has 1 aromatic rings. The summed E-state index contributed by atoms with van der Waals surface area (Å²) in [6.45, 7) is 7.42. The molecule has 2 heterocycles. The van der Waals surface area contributed by atoms with E-state index in [4.69, 9.17) is 0 Å². The van der Waals surface area contributed by atoms with Crippen molar-refractivity contribution < 1.29 is 0 Å². The second-order valence-electron chi connectivity index (χ2n) is 5.64. The molecule has 0 spiro atoms. The van der Waals surface area contributed by atoms with Crippen molar-refractivity contribution in [2.24, 2.45) is 0 Å². The van der Waals surface area contributed by atoms with E-state index >= 15 is 0 Å². The number of rotatable bonds is 0. The highest BCUT2D eigenvalue weighted by Crippen LogP contribution is 2.42. The van der Waals surface area contributed by atoms with Crippen LogP contribution in [0.5, 0.6) is 0 Å². The molecular formula is C15H21N. The van der Waals surface area contributed by atoms with Gasteiger partial charge in [-0.05, 0) is 43.9 Å². The van der Waals surface area contributed by atoms with Crippen molar-refractivity contribution in [3.63, 3.8) is 0 Å². The predicted molar refractivity (Wildman–Crippen MR) is 67.8 cm³/mol. The summed E-state index contributed by atoms with van der Waals surface area (Å²) < 4.78 is 0. The number of benzene rings is 1. The lowest BCUT2D eigenvalue weighted by atomic mass is 9.70. The number of hydrogen-bond acceptors (Lipinski definition) is 1. The second-order valence-corrected chi connectivity index (χ2v) is 5.64. The molecule has 2 aliphatic rings. The fourth-order valence-corrected chi connectivity index (χ4v) is 3.68. The summed E-state index contributed by atoms with van der Waals surface area (Å²) in [7, 11) is 0. The van der Waals surface area contributed by atoms with E-state index in [1.807, 2.05) is 0 Å². The molecule has 1 fully saturated rings. The maximum atomic E-state index is 2.68. The third kappa shape index (κ3) is 1.34. The highest BCUT2D eigenvalue weighted by atomic mass is 15.2. The van der Waals surface area contributed by atoms with E-state index < -0.39 is 0 Å². The van der Waals surface area contributed by atoms with E-state index in [-0.39, 0.29) is 0 Å². The molecular weight excluding hydrogens is 194 g/mol. The maximum absolute atomic E-state index is 2.68. The number of hydrogen-bond donors (Lipinski definition) is 0. The van der Waals surface area contributed by atoms with Crippen LogP contribution in [0.1, 0.15) is 37.8 Å². The molecule has 2 unspecified atom stereocenters. The average Bonchev–Trinajstić information content (AvgIpc) is 2.37. The topological polar surface area (TPSA) is 3.24 Å². The van der Waals surface area contributed by atoms with Crippen molar-refractivity contribution in [3.8, 4) is 0 Å². The zero-order valence-corrected chi connectivity index (χ0v) is 10.4. The zero-order valence-electron chi connectivity index (χ0n) is 10.4. The molecule has 0 aromatic heterocycles. The van der Waals surface area contributed by atoms with E-state index in [0.29, 0.717) is 11.5 Å². The highest BCUT2D eigenvalue weighted by Gasteiger charge is 2.42. The van der Waals surface area contributed by atoms with E-state index in [9.17, 15) is 0 Å². The monoisotopic (exact) mass is 215 g/mol. The molecule has 0 N–H and O–H groups in total. The Hall–Kier alpha value is -0.820. The van der Waals surface area contributed by atoms with Crippen LogP contribution in [-0.2, 0) is 11.8 Å². The van der Waals surface area contributed by atoms with Gasteiger partial charge < -0.3 is 0 Å². The first kappa shape index (κ1) is 10.3. The van der Waals surface area contributed by atoms with Gasteiger partial charge in [-0.15, -0.1) is 0 Å². The van der Waals surface area contributed by atoms with Crippen LogP contribution < -0.4 is 0 Å². The first-order valence-electron chi connectivity index (χ1n) is 6.54. The van der Waals surface area contributed by atoms with E-state index in [1.165, 1.54) is 32.4 Å². The molecule has 0 aliphatic carbocycles. The SMILES string of the molecule is C[C@H]1N2CCCC1(C)c1ccccc1CC2.